The third-order valence-corrected chi connectivity index (χ3v) is 7.20. The van der Waals surface area contributed by atoms with Crippen molar-refractivity contribution >= 4 is 16.1 Å². The number of alkyl halides is 4. The molecule has 2 N–H and O–H groups in total. The number of ether oxygens (including phenoxy) is 1. The quantitative estimate of drug-likeness (QED) is 0.391. The molecule has 11 heteroatoms. The number of carbonyl (C=O) groups excluding carboxylic acids is 1. The van der Waals surface area contributed by atoms with E-state index in [9.17, 15) is 35.9 Å². The second-order valence-corrected chi connectivity index (χ2v) is 10.0. The molecule has 156 valence electrons. The van der Waals surface area contributed by atoms with Crippen LogP contribution in [0.4, 0.5) is 17.6 Å². The lowest BCUT2D eigenvalue weighted by Crippen LogP contribution is -2.61. The van der Waals surface area contributed by atoms with Gasteiger partial charge >= 0.3 is 27.3 Å². The van der Waals surface area contributed by atoms with E-state index in [0.29, 0.717) is 25.7 Å². The maximum absolute atomic E-state index is 14.2. The molecule has 0 aromatic heterocycles. The number of hydrogen-bond donors (Lipinski definition) is 2. The zero-order valence-electron chi connectivity index (χ0n) is 14.6. The average Bonchev–Trinajstić information content (AvgIpc) is 2.41. The van der Waals surface area contributed by atoms with E-state index in [4.69, 9.17) is 9.29 Å². The summed E-state index contributed by atoms with van der Waals surface area (Å²) in [7, 11) is -6.38. The molecular formula is C16H22F4O6S. The van der Waals surface area contributed by atoms with Gasteiger partial charge in [0.1, 0.15) is 6.10 Å². The zero-order valence-corrected chi connectivity index (χ0v) is 15.4. The molecule has 0 aromatic rings. The maximum atomic E-state index is 14.2. The van der Waals surface area contributed by atoms with E-state index in [1.807, 2.05) is 0 Å². The number of halogens is 4. The first kappa shape index (κ1) is 20.8. The smallest absolute Gasteiger partial charge is 0.431 e. The van der Waals surface area contributed by atoms with Gasteiger partial charge in [-0.3, -0.25) is 9.35 Å². The number of aliphatic hydroxyl groups is 1. The van der Waals surface area contributed by atoms with Crippen LogP contribution in [0.5, 0.6) is 0 Å². The van der Waals surface area contributed by atoms with Crippen molar-refractivity contribution in [3.63, 3.8) is 0 Å². The summed E-state index contributed by atoms with van der Waals surface area (Å²) < 4.78 is 90.9. The Morgan fingerprint density at radius 3 is 2.11 bits per heavy atom. The highest BCUT2D eigenvalue weighted by Gasteiger charge is 2.69. The van der Waals surface area contributed by atoms with E-state index >= 15 is 0 Å². The molecule has 0 aromatic carbocycles. The van der Waals surface area contributed by atoms with Crippen molar-refractivity contribution in [2.75, 3.05) is 0 Å². The van der Waals surface area contributed by atoms with E-state index in [2.05, 4.69) is 0 Å². The Morgan fingerprint density at radius 1 is 1.19 bits per heavy atom. The molecule has 0 radical (unpaired) electrons. The van der Waals surface area contributed by atoms with Gasteiger partial charge in [-0.2, -0.15) is 26.0 Å². The molecule has 0 heterocycles. The molecule has 0 amide bonds. The van der Waals surface area contributed by atoms with Crippen molar-refractivity contribution < 1.29 is 45.2 Å². The highest BCUT2D eigenvalue weighted by molar-refractivity contribution is 7.87. The molecule has 3 unspecified atom stereocenters. The van der Waals surface area contributed by atoms with Gasteiger partial charge in [0.25, 0.3) is 0 Å². The molecule has 0 aliphatic heterocycles. The number of esters is 1. The molecule has 3 atom stereocenters. The van der Waals surface area contributed by atoms with Crippen molar-refractivity contribution in [2.24, 2.45) is 17.3 Å². The largest absolute Gasteiger partial charge is 0.462 e. The van der Waals surface area contributed by atoms with Crippen molar-refractivity contribution in [3.05, 3.63) is 0 Å². The van der Waals surface area contributed by atoms with E-state index < -0.39 is 50.8 Å². The minimum Gasteiger partial charge on any atom is -0.462 e. The summed E-state index contributed by atoms with van der Waals surface area (Å²) in [5.74, 6) is -6.11. The molecule has 4 aliphatic rings. The minimum atomic E-state index is -6.38. The summed E-state index contributed by atoms with van der Waals surface area (Å²) >= 11 is 0. The third-order valence-electron chi connectivity index (χ3n) is 6.26. The number of rotatable bonds is 6. The van der Waals surface area contributed by atoms with Crippen LogP contribution in [0, 0.1) is 17.3 Å². The molecule has 0 spiro atoms. The van der Waals surface area contributed by atoms with Crippen LogP contribution in [0.3, 0.4) is 0 Å². The predicted octanol–water partition coefficient (Wildman–Crippen LogP) is 2.76. The van der Waals surface area contributed by atoms with Crippen LogP contribution in [-0.4, -0.2) is 46.9 Å². The monoisotopic (exact) mass is 418 g/mol. The Bertz CT molecular complexity index is 723. The lowest BCUT2D eigenvalue weighted by molar-refractivity contribution is -0.233. The van der Waals surface area contributed by atoms with E-state index in [1.165, 1.54) is 0 Å². The summed E-state index contributed by atoms with van der Waals surface area (Å²) in [6.45, 7) is 0.946. The molecule has 4 bridgehead atoms. The Balaban J connectivity index is 1.95. The maximum Gasteiger partial charge on any atom is 0.431 e. The fourth-order valence-corrected chi connectivity index (χ4v) is 6.25. The molecule has 4 rings (SSSR count). The highest BCUT2D eigenvalue weighted by Crippen LogP contribution is 2.64. The predicted molar refractivity (Wildman–Crippen MR) is 83.7 cm³/mol. The summed E-state index contributed by atoms with van der Waals surface area (Å²) in [4.78, 5) is 11.5. The van der Waals surface area contributed by atoms with E-state index in [0.717, 1.165) is 13.3 Å². The van der Waals surface area contributed by atoms with Crippen LogP contribution in [-0.2, 0) is 19.6 Å². The lowest BCUT2D eigenvalue weighted by Gasteiger charge is -2.62. The standard InChI is InChI=1S/C16H22F4O6S/c1-9(21)26-12(7-15(17,18)16(19,20)27(23,24)25)13-3-10-2-11(4-13)6-14(22,5-10)8-13/h10-12,22H,2-8H2,1H3,(H,23,24,25). The van der Waals surface area contributed by atoms with Crippen LogP contribution in [0.2, 0.25) is 0 Å². The Hall–Kier alpha value is -0.940. The van der Waals surface area contributed by atoms with Gasteiger partial charge in [0.15, 0.2) is 0 Å². The fourth-order valence-electron chi connectivity index (χ4n) is 5.78. The average molecular weight is 418 g/mol. The van der Waals surface area contributed by atoms with Crippen molar-refractivity contribution in [1.82, 2.24) is 0 Å². The summed E-state index contributed by atoms with van der Waals surface area (Å²) in [5, 5.41) is 5.00. The van der Waals surface area contributed by atoms with E-state index in [-0.39, 0.29) is 18.3 Å². The molecule has 27 heavy (non-hydrogen) atoms. The van der Waals surface area contributed by atoms with Gasteiger partial charge < -0.3 is 9.84 Å². The highest BCUT2D eigenvalue weighted by atomic mass is 32.2. The topological polar surface area (TPSA) is 101 Å². The van der Waals surface area contributed by atoms with Crippen LogP contribution in [0.25, 0.3) is 0 Å². The summed E-state index contributed by atoms with van der Waals surface area (Å²) in [5.41, 5.74) is -2.24. The van der Waals surface area contributed by atoms with Gasteiger partial charge in [0.05, 0.1) is 12.0 Å². The second kappa shape index (κ2) is 6.03. The SMILES string of the molecule is CC(=O)OC(CC(F)(F)C(F)(F)S(=O)(=O)O)C12CC3CC(CC(O)(C3)C1)C2. The van der Waals surface area contributed by atoms with Gasteiger partial charge in [-0.05, 0) is 50.4 Å². The Kier molecular flexibility index (Phi) is 4.64. The first-order valence-corrected chi connectivity index (χ1v) is 10.2. The van der Waals surface area contributed by atoms with Gasteiger partial charge in [0, 0.05) is 12.3 Å². The third kappa shape index (κ3) is 3.46. The minimum absolute atomic E-state index is 0.00464. The molecular weight excluding hydrogens is 396 g/mol. The van der Waals surface area contributed by atoms with Crippen molar-refractivity contribution in [2.45, 2.75) is 74.8 Å². The normalized spacial score (nSPS) is 37.3. The number of carbonyl (C=O) groups is 1. The van der Waals surface area contributed by atoms with Crippen LogP contribution in [0.15, 0.2) is 0 Å². The molecule has 4 fully saturated rings. The Morgan fingerprint density at radius 2 is 1.70 bits per heavy atom. The lowest BCUT2D eigenvalue weighted by atomic mass is 9.46. The number of hydrogen-bond acceptors (Lipinski definition) is 5. The zero-order chi connectivity index (χ0) is 20.5. The fraction of sp³-hybridized carbons (Fsp3) is 0.938. The molecule has 4 saturated carbocycles. The first-order chi connectivity index (χ1) is 12.1. The molecule has 4 aliphatic carbocycles. The van der Waals surface area contributed by atoms with Crippen molar-refractivity contribution in [3.8, 4) is 0 Å². The molecule has 6 nitrogen and oxygen atoms in total. The van der Waals surface area contributed by atoms with Crippen LogP contribution < -0.4 is 0 Å². The first-order valence-electron chi connectivity index (χ1n) is 8.71. The summed E-state index contributed by atoms with van der Waals surface area (Å²) in [6.07, 6.45) is -1.02. The Labute approximate surface area is 154 Å². The van der Waals surface area contributed by atoms with Gasteiger partial charge in [-0.15, -0.1) is 0 Å². The van der Waals surface area contributed by atoms with Crippen molar-refractivity contribution in [1.29, 1.82) is 0 Å². The second-order valence-electron chi connectivity index (χ2n) is 8.55. The van der Waals surface area contributed by atoms with E-state index in [1.54, 1.807) is 0 Å². The van der Waals surface area contributed by atoms with Gasteiger partial charge in [-0.25, -0.2) is 0 Å². The van der Waals surface area contributed by atoms with Gasteiger partial charge in [-0.1, -0.05) is 0 Å². The molecule has 0 saturated heterocycles. The van der Waals surface area contributed by atoms with Gasteiger partial charge in [0.2, 0.25) is 0 Å². The summed E-state index contributed by atoms with van der Waals surface area (Å²) in [6, 6.07) is 0. The van der Waals surface area contributed by atoms with Crippen LogP contribution >= 0.6 is 0 Å². The van der Waals surface area contributed by atoms with Crippen LogP contribution in [0.1, 0.15) is 51.9 Å².